The van der Waals surface area contributed by atoms with E-state index in [1.165, 1.54) is 0 Å². The summed E-state index contributed by atoms with van der Waals surface area (Å²) in [6, 6.07) is 0.0300. The summed E-state index contributed by atoms with van der Waals surface area (Å²) < 4.78 is 5.38. The normalized spacial score (nSPS) is 23.4. The Kier molecular flexibility index (Phi) is 6.27. The molecule has 0 aromatic carbocycles. The number of amides is 1. The average molecular weight is 286 g/mol. The van der Waals surface area contributed by atoms with E-state index in [9.17, 15) is 9.90 Å². The zero-order valence-electron chi connectivity index (χ0n) is 13.6. The Morgan fingerprint density at radius 2 is 1.80 bits per heavy atom. The van der Waals surface area contributed by atoms with E-state index in [4.69, 9.17) is 4.74 Å². The molecule has 1 fully saturated rings. The highest BCUT2D eigenvalue weighted by molar-refractivity contribution is 5.68. The summed E-state index contributed by atoms with van der Waals surface area (Å²) >= 11 is 0. The number of aliphatic hydroxyl groups is 1. The van der Waals surface area contributed by atoms with Gasteiger partial charge in [0, 0.05) is 6.54 Å². The topological polar surface area (TPSA) is 53.0 Å². The summed E-state index contributed by atoms with van der Waals surface area (Å²) in [5.41, 5.74) is -0.493. The summed E-state index contributed by atoms with van der Waals surface area (Å²) in [4.78, 5) is 16.0. The highest BCUT2D eigenvalue weighted by atomic mass is 16.6. The number of ether oxygens (including phenoxy) is 1. The molecule has 0 unspecified atom stereocenters. The molecule has 1 rings (SSSR count). The predicted molar refractivity (Wildman–Crippen MR) is 79.8 cm³/mol. The van der Waals surface area contributed by atoms with Crippen LogP contribution >= 0.6 is 0 Å². The molecule has 0 bridgehead atoms. The first-order valence-corrected chi connectivity index (χ1v) is 7.68. The van der Waals surface area contributed by atoms with Crippen LogP contribution in [0.25, 0.3) is 0 Å². The fourth-order valence-corrected chi connectivity index (χ4v) is 2.62. The highest BCUT2D eigenvalue weighted by Gasteiger charge is 2.38. The van der Waals surface area contributed by atoms with E-state index >= 15 is 0 Å². The van der Waals surface area contributed by atoms with Crippen molar-refractivity contribution >= 4 is 6.09 Å². The van der Waals surface area contributed by atoms with E-state index in [0.29, 0.717) is 13.1 Å². The van der Waals surface area contributed by atoms with Crippen LogP contribution in [0, 0.1) is 0 Å². The van der Waals surface area contributed by atoms with Gasteiger partial charge in [0.25, 0.3) is 0 Å². The van der Waals surface area contributed by atoms with Gasteiger partial charge in [0.2, 0.25) is 0 Å². The average Bonchev–Trinajstić information content (AvgIpc) is 2.69. The molecule has 0 aromatic heterocycles. The monoisotopic (exact) mass is 286 g/mol. The number of aliphatic hydroxyl groups excluding tert-OH is 1. The third-order valence-corrected chi connectivity index (χ3v) is 3.40. The quantitative estimate of drug-likeness (QED) is 0.841. The van der Waals surface area contributed by atoms with Gasteiger partial charge in [-0.1, -0.05) is 13.8 Å². The Morgan fingerprint density at radius 3 is 2.25 bits per heavy atom. The molecule has 5 heteroatoms. The van der Waals surface area contributed by atoms with Crippen molar-refractivity contribution in [1.29, 1.82) is 0 Å². The van der Waals surface area contributed by atoms with Gasteiger partial charge >= 0.3 is 6.09 Å². The van der Waals surface area contributed by atoms with Crippen LogP contribution in [0.1, 0.15) is 47.5 Å². The van der Waals surface area contributed by atoms with Gasteiger partial charge in [0.15, 0.2) is 0 Å². The van der Waals surface area contributed by atoms with Crippen molar-refractivity contribution < 1.29 is 14.6 Å². The number of likely N-dealkylation sites (tertiary alicyclic amines) is 1. The molecule has 0 aliphatic carbocycles. The van der Waals surface area contributed by atoms with Crippen LogP contribution in [0.15, 0.2) is 0 Å². The molecule has 2 atom stereocenters. The minimum atomic E-state index is -0.493. The second kappa shape index (κ2) is 7.27. The van der Waals surface area contributed by atoms with Crippen molar-refractivity contribution in [2.45, 2.75) is 65.2 Å². The van der Waals surface area contributed by atoms with Crippen LogP contribution in [0.3, 0.4) is 0 Å². The van der Waals surface area contributed by atoms with E-state index in [1.54, 1.807) is 4.90 Å². The minimum Gasteiger partial charge on any atom is -0.444 e. The maximum atomic E-state index is 12.1. The predicted octanol–water partition coefficient (Wildman–Crippen LogP) is 2.09. The standard InChI is InChI=1S/C15H30N2O3/c1-6-8-16(9-7-2)12-10-17(11-13(12)18)14(19)20-15(3,4)5/h12-13,18H,6-11H2,1-5H3/t12-,13-/m1/s1. The molecule has 1 heterocycles. The van der Waals surface area contributed by atoms with E-state index in [-0.39, 0.29) is 12.1 Å². The zero-order valence-corrected chi connectivity index (χ0v) is 13.6. The van der Waals surface area contributed by atoms with Crippen LogP contribution in [0.2, 0.25) is 0 Å². The largest absolute Gasteiger partial charge is 0.444 e. The molecule has 1 N–H and O–H groups in total. The Bertz CT molecular complexity index is 309. The van der Waals surface area contributed by atoms with E-state index in [1.807, 2.05) is 20.8 Å². The fraction of sp³-hybridized carbons (Fsp3) is 0.933. The zero-order chi connectivity index (χ0) is 15.3. The van der Waals surface area contributed by atoms with Gasteiger partial charge < -0.3 is 14.7 Å². The summed E-state index contributed by atoms with van der Waals surface area (Å²) in [7, 11) is 0. The molecule has 0 aromatic rings. The lowest BCUT2D eigenvalue weighted by Gasteiger charge is -2.30. The maximum Gasteiger partial charge on any atom is 0.410 e. The lowest BCUT2D eigenvalue weighted by Crippen LogP contribution is -2.44. The summed E-state index contributed by atoms with van der Waals surface area (Å²) in [5.74, 6) is 0. The maximum absolute atomic E-state index is 12.1. The van der Waals surface area contributed by atoms with Crippen molar-refractivity contribution in [2.24, 2.45) is 0 Å². The van der Waals surface area contributed by atoms with Gasteiger partial charge in [-0.3, -0.25) is 4.90 Å². The number of rotatable bonds is 5. The third-order valence-electron chi connectivity index (χ3n) is 3.40. The molecule has 0 saturated carbocycles. The molecular formula is C15H30N2O3. The molecule has 1 saturated heterocycles. The van der Waals surface area contributed by atoms with Crippen LogP contribution < -0.4 is 0 Å². The van der Waals surface area contributed by atoms with Gasteiger partial charge in [0.1, 0.15) is 5.60 Å². The number of nitrogens with zero attached hydrogens (tertiary/aromatic N) is 2. The van der Waals surface area contributed by atoms with E-state index in [0.717, 1.165) is 25.9 Å². The fourth-order valence-electron chi connectivity index (χ4n) is 2.62. The number of β-amino-alcohol motifs (C(OH)–C–C–N with tert-alkyl or cyclic N) is 1. The first-order chi connectivity index (χ1) is 9.28. The van der Waals surface area contributed by atoms with Gasteiger partial charge in [-0.15, -0.1) is 0 Å². The summed E-state index contributed by atoms with van der Waals surface area (Å²) in [6.45, 7) is 12.7. The van der Waals surface area contributed by atoms with Crippen LogP contribution in [0.5, 0.6) is 0 Å². The molecule has 20 heavy (non-hydrogen) atoms. The van der Waals surface area contributed by atoms with Crippen LogP contribution in [0.4, 0.5) is 4.79 Å². The number of carbonyl (C=O) groups is 1. The molecule has 1 aliphatic heterocycles. The van der Waals surface area contributed by atoms with E-state index < -0.39 is 11.7 Å². The Hall–Kier alpha value is -0.810. The molecule has 1 aliphatic rings. The first kappa shape index (κ1) is 17.2. The molecule has 118 valence electrons. The molecule has 1 amide bonds. The van der Waals surface area contributed by atoms with Gasteiger partial charge in [-0.2, -0.15) is 0 Å². The summed E-state index contributed by atoms with van der Waals surface area (Å²) in [5, 5.41) is 10.2. The van der Waals surface area contributed by atoms with Crippen molar-refractivity contribution in [3.8, 4) is 0 Å². The van der Waals surface area contributed by atoms with E-state index in [2.05, 4.69) is 18.7 Å². The van der Waals surface area contributed by atoms with Crippen molar-refractivity contribution in [2.75, 3.05) is 26.2 Å². The first-order valence-electron chi connectivity index (χ1n) is 7.68. The lowest BCUT2D eigenvalue weighted by molar-refractivity contribution is 0.0269. The Morgan fingerprint density at radius 1 is 1.25 bits per heavy atom. The van der Waals surface area contributed by atoms with Crippen LogP contribution in [-0.4, -0.2) is 64.9 Å². The molecular weight excluding hydrogens is 256 g/mol. The second-order valence-electron chi connectivity index (χ2n) is 6.56. The Labute approximate surface area is 122 Å². The molecule has 0 radical (unpaired) electrons. The second-order valence-corrected chi connectivity index (χ2v) is 6.56. The summed E-state index contributed by atoms with van der Waals surface area (Å²) in [6.07, 6.45) is 1.29. The highest BCUT2D eigenvalue weighted by Crippen LogP contribution is 2.20. The molecule has 5 nitrogen and oxygen atoms in total. The number of hydrogen-bond acceptors (Lipinski definition) is 4. The van der Waals surface area contributed by atoms with Crippen LogP contribution in [-0.2, 0) is 4.74 Å². The van der Waals surface area contributed by atoms with Crippen molar-refractivity contribution in [3.63, 3.8) is 0 Å². The minimum absolute atomic E-state index is 0.0300. The van der Waals surface area contributed by atoms with Gasteiger partial charge in [-0.25, -0.2) is 4.79 Å². The number of hydrogen-bond donors (Lipinski definition) is 1. The van der Waals surface area contributed by atoms with Crippen molar-refractivity contribution in [1.82, 2.24) is 9.80 Å². The van der Waals surface area contributed by atoms with Gasteiger partial charge in [0.05, 0.1) is 18.7 Å². The third kappa shape index (κ3) is 4.94. The Balaban J connectivity index is 2.63. The SMILES string of the molecule is CCCN(CCC)[C@@H]1CN(C(=O)OC(C)(C)C)C[C@H]1O. The number of carbonyl (C=O) groups excluding carboxylic acids is 1. The van der Waals surface area contributed by atoms with Gasteiger partial charge in [-0.05, 0) is 46.7 Å². The molecule has 0 spiro atoms. The lowest BCUT2D eigenvalue weighted by atomic mass is 10.1. The smallest absolute Gasteiger partial charge is 0.410 e. The van der Waals surface area contributed by atoms with Crippen molar-refractivity contribution in [3.05, 3.63) is 0 Å².